The molecule has 4 heteroatoms. The van der Waals surface area contributed by atoms with E-state index in [0.717, 1.165) is 6.54 Å². The molecular formula is C11H33Cl2NSi. The molecule has 0 unspecified atom stereocenters. The van der Waals surface area contributed by atoms with Gasteiger partial charge in [0.05, 0.1) is 0 Å². The highest BCUT2D eigenvalue weighted by atomic mass is 35.6. The first-order valence-corrected chi connectivity index (χ1v) is 9.74. The van der Waals surface area contributed by atoms with E-state index in [2.05, 4.69) is 38.3 Å². The molecule has 1 N–H and O–H groups in total. The van der Waals surface area contributed by atoms with E-state index in [4.69, 9.17) is 22.9 Å². The van der Waals surface area contributed by atoms with Gasteiger partial charge in [0, 0.05) is 6.54 Å². The maximum Gasteiger partial charge on any atom is 0.147 e. The summed E-state index contributed by atoms with van der Waals surface area (Å²) in [5, 5.41) is 0. The molecule has 0 aliphatic rings. The molecule has 0 aromatic carbocycles. The summed E-state index contributed by atoms with van der Waals surface area (Å²) >= 11 is 10.6. The van der Waals surface area contributed by atoms with Crippen molar-refractivity contribution in [2.24, 2.45) is 0 Å². The number of halogens is 2. The van der Waals surface area contributed by atoms with Gasteiger partial charge in [0.25, 0.3) is 0 Å². The minimum Gasteiger partial charge on any atom is -0.234 e. The highest BCUT2D eigenvalue weighted by Gasteiger charge is 2.04. The van der Waals surface area contributed by atoms with Crippen LogP contribution in [0.25, 0.3) is 0 Å². The van der Waals surface area contributed by atoms with Gasteiger partial charge in [0.15, 0.2) is 0 Å². The second kappa shape index (κ2) is 24.1. The van der Waals surface area contributed by atoms with E-state index >= 15 is 0 Å². The second-order valence-electron chi connectivity index (χ2n) is 3.55. The van der Waals surface area contributed by atoms with E-state index in [1.54, 1.807) is 0 Å². The minimum absolute atomic E-state index is 0. The van der Waals surface area contributed by atoms with Gasteiger partial charge in [-0.15, -0.1) is 0 Å². The molecule has 0 saturated heterocycles. The van der Waals surface area contributed by atoms with E-state index in [9.17, 15) is 0 Å². The standard InChI is InChI=1S/C4H10.C3H9ClSi.C2H6ClN.2CH4/c1-3-4-2;1-5(2,3)4;1-2-4-3;;/h3-4H2,1-2H3;1-3H3;4H,2H2,1H3;2*1H4. The van der Waals surface area contributed by atoms with Crippen LogP contribution < -0.4 is 4.84 Å². The summed E-state index contributed by atoms with van der Waals surface area (Å²) in [6.45, 7) is 13.4. The summed E-state index contributed by atoms with van der Waals surface area (Å²) in [6.07, 6.45) is 2.64. The van der Waals surface area contributed by atoms with Crippen molar-refractivity contribution in [1.29, 1.82) is 0 Å². The molecule has 0 heterocycles. The van der Waals surface area contributed by atoms with Gasteiger partial charge in [-0.1, -0.05) is 68.1 Å². The summed E-state index contributed by atoms with van der Waals surface area (Å²) < 4.78 is 0. The van der Waals surface area contributed by atoms with Gasteiger partial charge < -0.3 is 0 Å². The predicted octanol–water partition coefficient (Wildman–Crippen LogP) is 5.89. The third kappa shape index (κ3) is 316. The lowest BCUT2D eigenvalue weighted by Crippen LogP contribution is -2.06. The third-order valence-electron chi connectivity index (χ3n) is 0.634. The molecule has 0 aromatic heterocycles. The van der Waals surface area contributed by atoms with Gasteiger partial charge >= 0.3 is 0 Å². The maximum atomic E-state index is 5.67. The van der Waals surface area contributed by atoms with Gasteiger partial charge in [-0.25, -0.2) is 4.84 Å². The van der Waals surface area contributed by atoms with Crippen molar-refractivity contribution in [3.8, 4) is 0 Å². The molecule has 0 atom stereocenters. The first-order chi connectivity index (χ1) is 5.83. The van der Waals surface area contributed by atoms with Crippen LogP contribution in [-0.4, -0.2) is 13.9 Å². The molecule has 0 aliphatic heterocycles. The van der Waals surface area contributed by atoms with Crippen molar-refractivity contribution >= 4 is 30.2 Å². The number of nitrogens with one attached hydrogen (secondary N) is 1. The molecule has 0 fully saturated rings. The highest BCUT2D eigenvalue weighted by molar-refractivity contribution is 7.18. The summed E-state index contributed by atoms with van der Waals surface area (Å²) in [6, 6.07) is 0. The first-order valence-electron chi connectivity index (χ1n) is 4.85. The lowest BCUT2D eigenvalue weighted by molar-refractivity contribution is 0.886. The number of hydrogen-bond donors (Lipinski definition) is 1. The Morgan fingerprint density at radius 3 is 1.07 bits per heavy atom. The molecule has 0 spiro atoms. The van der Waals surface area contributed by atoms with Gasteiger partial charge in [0.2, 0.25) is 0 Å². The summed E-state index contributed by atoms with van der Waals surface area (Å²) in [5.41, 5.74) is 0. The Hall–Kier alpha value is 0.757. The fraction of sp³-hybridized carbons (Fsp3) is 1.00. The minimum atomic E-state index is -1.14. The molecule has 0 saturated carbocycles. The zero-order chi connectivity index (χ0) is 11.3. The lowest BCUT2D eigenvalue weighted by atomic mass is 10.4. The number of hydrogen-bond acceptors (Lipinski definition) is 1. The smallest absolute Gasteiger partial charge is 0.147 e. The largest absolute Gasteiger partial charge is 0.234 e. The van der Waals surface area contributed by atoms with Crippen LogP contribution in [0.4, 0.5) is 0 Å². The van der Waals surface area contributed by atoms with Gasteiger partial charge in [-0.05, 0) is 11.8 Å². The van der Waals surface area contributed by atoms with Crippen LogP contribution >= 0.6 is 22.9 Å². The molecular weight excluding hydrogens is 245 g/mol. The Balaban J connectivity index is -0.0000000315. The first kappa shape index (κ1) is 29.7. The zero-order valence-electron chi connectivity index (χ0n) is 9.88. The van der Waals surface area contributed by atoms with Crippen LogP contribution in [0.5, 0.6) is 0 Å². The highest BCUT2D eigenvalue weighted by Crippen LogP contribution is 2.03. The number of rotatable bonds is 2. The second-order valence-corrected chi connectivity index (χ2v) is 11.4. The molecule has 0 aromatic rings. The topological polar surface area (TPSA) is 12.0 Å². The van der Waals surface area contributed by atoms with Crippen LogP contribution in [0.2, 0.25) is 19.6 Å². The van der Waals surface area contributed by atoms with E-state index in [-0.39, 0.29) is 14.9 Å². The molecule has 15 heavy (non-hydrogen) atoms. The van der Waals surface area contributed by atoms with Gasteiger partial charge in [0.1, 0.15) is 7.38 Å². The van der Waals surface area contributed by atoms with Crippen molar-refractivity contribution in [3.05, 3.63) is 0 Å². The summed E-state index contributed by atoms with van der Waals surface area (Å²) in [7, 11) is -1.14. The molecule has 0 amide bonds. The quantitative estimate of drug-likeness (QED) is 0.377. The van der Waals surface area contributed by atoms with Crippen LogP contribution in [0, 0.1) is 0 Å². The molecule has 0 bridgehead atoms. The average molecular weight is 278 g/mol. The lowest BCUT2D eigenvalue weighted by Gasteiger charge is -1.97. The van der Waals surface area contributed by atoms with E-state index in [1.807, 2.05) is 6.92 Å². The Morgan fingerprint density at radius 1 is 0.933 bits per heavy atom. The van der Waals surface area contributed by atoms with Crippen LogP contribution in [0.1, 0.15) is 48.5 Å². The van der Waals surface area contributed by atoms with Crippen molar-refractivity contribution in [2.45, 2.75) is 68.1 Å². The number of unbranched alkanes of at least 4 members (excludes halogenated alkanes) is 1. The monoisotopic (exact) mass is 277 g/mol. The van der Waals surface area contributed by atoms with Gasteiger partial charge in [-0.3, -0.25) is 0 Å². The Morgan fingerprint density at radius 2 is 1.07 bits per heavy atom. The summed E-state index contributed by atoms with van der Waals surface area (Å²) in [4.78, 5) is 2.40. The molecule has 0 radical (unpaired) electrons. The molecule has 0 aliphatic carbocycles. The maximum absolute atomic E-state index is 5.67. The third-order valence-corrected chi connectivity index (χ3v) is 0.901. The average Bonchev–Trinajstić information content (AvgIpc) is 2.01. The Labute approximate surface area is 110 Å². The predicted molar refractivity (Wildman–Crippen MR) is 82.8 cm³/mol. The van der Waals surface area contributed by atoms with Crippen LogP contribution in [0.15, 0.2) is 0 Å². The SMILES string of the molecule is C.C.CCCC.CCNCl.C[Si](C)(C)Cl. The van der Waals surface area contributed by atoms with E-state index in [0.29, 0.717) is 0 Å². The fourth-order valence-electron chi connectivity index (χ4n) is 0. The molecule has 1 nitrogen and oxygen atoms in total. The van der Waals surface area contributed by atoms with Crippen molar-refractivity contribution < 1.29 is 0 Å². The van der Waals surface area contributed by atoms with Crippen molar-refractivity contribution in [1.82, 2.24) is 4.84 Å². The fourth-order valence-corrected chi connectivity index (χ4v) is 0. The van der Waals surface area contributed by atoms with E-state index < -0.39 is 7.38 Å². The van der Waals surface area contributed by atoms with Crippen molar-refractivity contribution in [2.75, 3.05) is 6.54 Å². The zero-order valence-corrected chi connectivity index (χ0v) is 12.4. The van der Waals surface area contributed by atoms with Crippen LogP contribution in [0.3, 0.4) is 0 Å². The van der Waals surface area contributed by atoms with Crippen LogP contribution in [-0.2, 0) is 0 Å². The summed E-state index contributed by atoms with van der Waals surface area (Å²) in [5.74, 6) is 0. The molecule has 100 valence electrons. The Kier molecular flexibility index (Phi) is 47.7. The Bertz CT molecular complexity index is 61.5. The normalized spacial score (nSPS) is 8.00. The van der Waals surface area contributed by atoms with Gasteiger partial charge in [-0.2, -0.15) is 11.1 Å². The molecule has 0 rings (SSSR count). The van der Waals surface area contributed by atoms with E-state index in [1.165, 1.54) is 12.8 Å². The van der Waals surface area contributed by atoms with Crippen molar-refractivity contribution in [3.63, 3.8) is 0 Å².